The highest BCUT2D eigenvalue weighted by Gasteiger charge is 2.54. The number of nitrogens with zero attached hydrogens (tertiary/aromatic N) is 5. The fourth-order valence-corrected chi connectivity index (χ4v) is 5.30. The van der Waals surface area contributed by atoms with E-state index in [1.165, 1.54) is 28.9 Å². The topological polar surface area (TPSA) is 190 Å². The predicted molar refractivity (Wildman–Crippen MR) is 141 cm³/mol. The van der Waals surface area contributed by atoms with Crippen LogP contribution in [-0.2, 0) is 35.3 Å². The van der Waals surface area contributed by atoms with Gasteiger partial charge in [0.2, 0.25) is 12.3 Å². The number of carboxylic acids is 1. The summed E-state index contributed by atoms with van der Waals surface area (Å²) in [5.41, 5.74) is 5.00. The standard InChI is InChI=1S/C25H27N7O7S/c1-25(2,3)39-16(33)12-38-30-17(20-27-8-7-15(26)28-20)21(34)29-18-22(35)32-19(24(36)37)14(13-40-23(18)32)11-31-9-5-4-6-10-31/h4-10,18,23H,11-13H2,1-3H3,(H3-,26,27,28,29,34,36,37)/p+1/t18?,23-/m1/s1. The van der Waals surface area contributed by atoms with Gasteiger partial charge in [0.25, 0.3) is 11.8 Å². The minimum atomic E-state index is -1.24. The van der Waals surface area contributed by atoms with Gasteiger partial charge in [-0.15, -0.1) is 11.8 Å². The van der Waals surface area contributed by atoms with Gasteiger partial charge in [0.05, 0.1) is 0 Å². The lowest BCUT2D eigenvalue weighted by molar-refractivity contribution is -0.689. The lowest BCUT2D eigenvalue weighted by Gasteiger charge is -2.49. The minimum Gasteiger partial charge on any atom is -0.477 e. The summed E-state index contributed by atoms with van der Waals surface area (Å²) in [4.78, 5) is 64.7. The number of nitrogen functional groups attached to an aromatic ring is 1. The van der Waals surface area contributed by atoms with Crippen LogP contribution in [0.1, 0.15) is 26.6 Å². The zero-order chi connectivity index (χ0) is 29.0. The molecule has 0 radical (unpaired) electrons. The lowest BCUT2D eigenvalue weighted by atomic mass is 10.0. The second-order valence-electron chi connectivity index (χ2n) is 9.77. The Bertz CT molecular complexity index is 1390. The van der Waals surface area contributed by atoms with E-state index in [0.717, 1.165) is 0 Å². The molecule has 210 valence electrons. The molecule has 0 aromatic carbocycles. The SMILES string of the molecule is CC(C)(C)OC(=O)CON=C(C(=O)NC1C(=O)N2C(C(=O)O)=C(C[n+]3ccccc3)CS[C@H]12)c1nccc(N)n1. The van der Waals surface area contributed by atoms with Gasteiger partial charge in [0, 0.05) is 29.7 Å². The lowest BCUT2D eigenvalue weighted by Crippen LogP contribution is -2.71. The molecule has 2 aromatic rings. The van der Waals surface area contributed by atoms with Crippen molar-refractivity contribution in [2.45, 2.75) is 44.3 Å². The maximum absolute atomic E-state index is 13.2. The molecule has 15 heteroatoms. The van der Waals surface area contributed by atoms with Crippen molar-refractivity contribution >= 4 is 47.0 Å². The molecule has 4 rings (SSSR count). The first-order chi connectivity index (χ1) is 18.9. The molecule has 2 atom stereocenters. The van der Waals surface area contributed by atoms with Gasteiger partial charge in [-0.3, -0.25) is 14.5 Å². The molecule has 2 aliphatic rings. The van der Waals surface area contributed by atoms with E-state index < -0.39 is 53.1 Å². The third kappa shape index (κ3) is 6.54. The van der Waals surface area contributed by atoms with Crippen molar-refractivity contribution in [2.75, 3.05) is 18.1 Å². The smallest absolute Gasteiger partial charge is 0.352 e. The number of carbonyl (C=O) groups excluding carboxylic acids is 3. The van der Waals surface area contributed by atoms with Crippen molar-refractivity contribution in [3.05, 3.63) is 60.0 Å². The van der Waals surface area contributed by atoms with Gasteiger partial charge in [-0.25, -0.2) is 24.1 Å². The van der Waals surface area contributed by atoms with Crippen LogP contribution in [-0.4, -0.2) is 78.8 Å². The van der Waals surface area contributed by atoms with Gasteiger partial charge in [-0.2, -0.15) is 0 Å². The zero-order valence-electron chi connectivity index (χ0n) is 21.9. The molecule has 1 saturated heterocycles. The van der Waals surface area contributed by atoms with Crippen molar-refractivity contribution < 1.29 is 38.4 Å². The van der Waals surface area contributed by atoms with Crippen LogP contribution >= 0.6 is 11.8 Å². The highest BCUT2D eigenvalue weighted by molar-refractivity contribution is 8.00. The molecule has 2 aromatic heterocycles. The number of carbonyl (C=O) groups is 4. The normalized spacial score (nSPS) is 18.9. The maximum Gasteiger partial charge on any atom is 0.352 e. The number of carboxylic acid groups (broad SMARTS) is 1. The number of fused-ring (bicyclic) bond motifs is 1. The molecule has 0 spiro atoms. The Morgan fingerprint density at radius 1 is 1.27 bits per heavy atom. The number of rotatable bonds is 9. The number of thioether (sulfide) groups is 1. The van der Waals surface area contributed by atoms with E-state index in [9.17, 15) is 24.3 Å². The molecule has 0 bridgehead atoms. The second-order valence-corrected chi connectivity index (χ2v) is 10.9. The summed E-state index contributed by atoms with van der Waals surface area (Å²) in [6.07, 6.45) is 4.90. The van der Waals surface area contributed by atoms with Crippen LogP contribution in [0.2, 0.25) is 0 Å². The highest BCUT2D eigenvalue weighted by atomic mass is 32.2. The minimum absolute atomic E-state index is 0.0476. The Morgan fingerprint density at radius 2 is 2.00 bits per heavy atom. The van der Waals surface area contributed by atoms with E-state index in [1.807, 2.05) is 22.8 Å². The maximum atomic E-state index is 13.2. The van der Waals surface area contributed by atoms with Gasteiger partial charge in [0.15, 0.2) is 24.8 Å². The molecule has 0 saturated carbocycles. The molecule has 1 unspecified atom stereocenters. The summed E-state index contributed by atoms with van der Waals surface area (Å²) < 4.78 is 6.97. The molecular formula is C25H28N7O7S+. The van der Waals surface area contributed by atoms with E-state index in [4.69, 9.17) is 15.3 Å². The van der Waals surface area contributed by atoms with Crippen LogP contribution in [0.3, 0.4) is 0 Å². The van der Waals surface area contributed by atoms with Gasteiger partial charge >= 0.3 is 11.9 Å². The van der Waals surface area contributed by atoms with E-state index >= 15 is 0 Å². The van der Waals surface area contributed by atoms with E-state index in [0.29, 0.717) is 17.9 Å². The van der Waals surface area contributed by atoms with E-state index in [1.54, 1.807) is 33.2 Å². The average Bonchev–Trinajstić information content (AvgIpc) is 2.88. The highest BCUT2D eigenvalue weighted by Crippen LogP contribution is 2.40. The van der Waals surface area contributed by atoms with Crippen molar-refractivity contribution in [1.82, 2.24) is 20.2 Å². The Kier molecular flexibility index (Phi) is 8.32. The van der Waals surface area contributed by atoms with Crippen LogP contribution in [0.25, 0.3) is 0 Å². The number of oxime groups is 1. The molecule has 2 aliphatic heterocycles. The second kappa shape index (κ2) is 11.7. The predicted octanol–water partition coefficient (Wildman–Crippen LogP) is -0.152. The Morgan fingerprint density at radius 3 is 2.65 bits per heavy atom. The number of aliphatic carboxylic acids is 1. The first-order valence-electron chi connectivity index (χ1n) is 12.1. The third-order valence-corrected chi connectivity index (χ3v) is 6.89. The number of anilines is 1. The van der Waals surface area contributed by atoms with E-state index in [-0.39, 0.29) is 17.3 Å². The monoisotopic (exact) mass is 570 g/mol. The number of ether oxygens (including phenoxy) is 1. The summed E-state index contributed by atoms with van der Waals surface area (Å²) >= 11 is 1.32. The first-order valence-corrected chi connectivity index (χ1v) is 13.1. The molecule has 1 fully saturated rings. The summed E-state index contributed by atoms with van der Waals surface area (Å²) in [5, 5.41) is 15.6. The largest absolute Gasteiger partial charge is 0.477 e. The van der Waals surface area contributed by atoms with Crippen molar-refractivity contribution in [3.63, 3.8) is 0 Å². The number of nitrogens with two attached hydrogens (primary N) is 1. The molecule has 40 heavy (non-hydrogen) atoms. The quantitative estimate of drug-likeness (QED) is 0.119. The number of hydrogen-bond acceptors (Lipinski definition) is 11. The number of β-lactam (4-membered cyclic amide) rings is 1. The summed E-state index contributed by atoms with van der Waals surface area (Å²) in [6, 6.07) is 5.84. The molecule has 4 N–H and O–H groups in total. The molecule has 0 aliphatic carbocycles. The van der Waals surface area contributed by atoms with Crippen molar-refractivity contribution in [2.24, 2.45) is 5.16 Å². The fourth-order valence-electron chi connectivity index (χ4n) is 3.97. The summed E-state index contributed by atoms with van der Waals surface area (Å²) in [5.74, 6) is -3.24. The van der Waals surface area contributed by atoms with Crippen LogP contribution in [0, 0.1) is 0 Å². The number of pyridine rings is 1. The molecule has 14 nitrogen and oxygen atoms in total. The van der Waals surface area contributed by atoms with E-state index in [2.05, 4.69) is 20.4 Å². The third-order valence-electron chi connectivity index (χ3n) is 5.55. The number of esters is 1. The van der Waals surface area contributed by atoms with Crippen LogP contribution in [0.15, 0.2) is 59.3 Å². The first kappa shape index (κ1) is 28.5. The number of hydrogen-bond donors (Lipinski definition) is 3. The molecular weight excluding hydrogens is 542 g/mol. The van der Waals surface area contributed by atoms with Crippen LogP contribution < -0.4 is 15.6 Å². The Hall–Kier alpha value is -4.53. The average molecular weight is 571 g/mol. The van der Waals surface area contributed by atoms with Crippen molar-refractivity contribution in [1.29, 1.82) is 0 Å². The fraction of sp³-hybridized carbons (Fsp3) is 0.360. The summed E-state index contributed by atoms with van der Waals surface area (Å²) in [6.45, 7) is 4.75. The molecule has 2 amide bonds. The summed E-state index contributed by atoms with van der Waals surface area (Å²) in [7, 11) is 0. The number of nitrogens with one attached hydrogen (secondary N) is 1. The number of amides is 2. The number of aromatic nitrogens is 3. The van der Waals surface area contributed by atoms with Gasteiger partial charge in [-0.05, 0) is 26.8 Å². The van der Waals surface area contributed by atoms with Crippen LogP contribution in [0.5, 0.6) is 0 Å². The Labute approximate surface area is 233 Å². The van der Waals surface area contributed by atoms with Gasteiger partial charge < -0.3 is 25.7 Å². The Balaban J connectivity index is 1.51. The zero-order valence-corrected chi connectivity index (χ0v) is 22.8. The van der Waals surface area contributed by atoms with Gasteiger partial charge in [0.1, 0.15) is 28.5 Å². The van der Waals surface area contributed by atoms with Crippen molar-refractivity contribution in [3.8, 4) is 0 Å². The molecule has 4 heterocycles. The van der Waals surface area contributed by atoms with Crippen LogP contribution in [0.4, 0.5) is 5.82 Å². The van der Waals surface area contributed by atoms with Gasteiger partial charge in [-0.1, -0.05) is 11.2 Å².